The Balaban J connectivity index is -0.0000000350. The Hall–Kier alpha value is -0.280. The monoisotopic (exact) mass is 178 g/mol. The second kappa shape index (κ2) is 22.6. The Kier molecular flexibility index (Phi) is 46.1. The van der Waals surface area contributed by atoms with Gasteiger partial charge in [-0.1, -0.05) is 27.7 Å². The Bertz CT molecular complexity index is 25.9. The van der Waals surface area contributed by atoms with Crippen molar-refractivity contribution in [2.45, 2.75) is 40.8 Å². The summed E-state index contributed by atoms with van der Waals surface area (Å²) >= 11 is 0. The lowest BCUT2D eigenvalue weighted by Crippen LogP contribution is -1.95. The zero-order chi connectivity index (χ0) is 10.5. The molecule has 0 heterocycles. The molecule has 11 heavy (non-hydrogen) atoms. The first-order valence-corrected chi connectivity index (χ1v) is 3.44. The van der Waals surface area contributed by atoms with Gasteiger partial charge in [0.25, 0.3) is 0 Å². The maximum absolute atomic E-state index is 10.4. The molecular formula is C7H18F4. The zero-order valence-corrected chi connectivity index (χ0v) is 8.01. The van der Waals surface area contributed by atoms with Crippen LogP contribution >= 0.6 is 0 Å². The molecule has 0 aromatic carbocycles. The molecule has 0 aromatic rings. The van der Waals surface area contributed by atoms with E-state index in [1.54, 1.807) is 0 Å². The molecular weight excluding hydrogens is 160 g/mol. The van der Waals surface area contributed by atoms with E-state index in [1.807, 2.05) is 27.7 Å². The van der Waals surface area contributed by atoms with Crippen LogP contribution in [-0.2, 0) is 0 Å². The molecule has 0 nitrogen and oxygen atoms in total. The molecule has 0 bridgehead atoms. The second-order valence-electron chi connectivity index (χ2n) is 0.781. The van der Waals surface area contributed by atoms with Gasteiger partial charge in [0.15, 0.2) is 0 Å². The van der Waals surface area contributed by atoms with Gasteiger partial charge in [-0.2, -0.15) is 13.2 Å². The molecule has 0 radical (unpaired) electrons. The number of hydrogen-bond donors (Lipinski definition) is 0. The van der Waals surface area contributed by atoms with E-state index in [1.165, 1.54) is 0 Å². The smallest absolute Gasteiger partial charge is 0.255 e. The fourth-order valence-electron chi connectivity index (χ4n) is 0. The first-order valence-electron chi connectivity index (χ1n) is 3.44. The van der Waals surface area contributed by atoms with E-state index in [9.17, 15) is 17.6 Å². The van der Waals surface area contributed by atoms with Gasteiger partial charge in [0, 0.05) is 6.92 Å². The Morgan fingerprint density at radius 3 is 0.727 bits per heavy atom. The van der Waals surface area contributed by atoms with Crippen molar-refractivity contribution in [2.75, 3.05) is 7.18 Å². The molecule has 0 spiro atoms. The summed E-state index contributed by atoms with van der Waals surface area (Å²) in [6, 6.07) is 0. The van der Waals surface area contributed by atoms with Gasteiger partial charge < -0.3 is 0 Å². The van der Waals surface area contributed by atoms with E-state index in [2.05, 4.69) is 0 Å². The van der Waals surface area contributed by atoms with Crippen molar-refractivity contribution in [3.63, 3.8) is 0 Å². The van der Waals surface area contributed by atoms with Gasteiger partial charge in [0.1, 0.15) is 0 Å². The molecule has 0 fully saturated rings. The van der Waals surface area contributed by atoms with E-state index >= 15 is 0 Å². The van der Waals surface area contributed by atoms with Crippen LogP contribution in [-0.4, -0.2) is 13.4 Å². The summed E-state index contributed by atoms with van der Waals surface area (Å²) in [5.74, 6) is 0. The molecule has 0 aliphatic carbocycles. The Labute approximate surface area is 66.6 Å². The molecule has 74 valence electrons. The third-order valence-electron chi connectivity index (χ3n) is 0. The molecule has 0 aromatic heterocycles. The maximum atomic E-state index is 10.4. The predicted molar refractivity (Wildman–Crippen MR) is 41.5 cm³/mol. The molecule has 0 unspecified atom stereocenters. The van der Waals surface area contributed by atoms with Crippen LogP contribution in [0.2, 0.25) is 0 Å². The summed E-state index contributed by atoms with van der Waals surface area (Å²) in [5, 5.41) is 0. The summed E-state index contributed by atoms with van der Waals surface area (Å²) in [4.78, 5) is 0. The average Bonchev–Trinajstić information content (AvgIpc) is 1.96. The second-order valence-corrected chi connectivity index (χ2v) is 0.781. The fourth-order valence-corrected chi connectivity index (χ4v) is 0. The van der Waals surface area contributed by atoms with Crippen LogP contribution in [0.3, 0.4) is 0 Å². The van der Waals surface area contributed by atoms with Gasteiger partial charge in [-0.3, -0.25) is 4.39 Å². The van der Waals surface area contributed by atoms with Crippen LogP contribution in [0.25, 0.3) is 0 Å². The minimum absolute atomic E-state index is 0.188. The minimum atomic E-state index is -4.00. The van der Waals surface area contributed by atoms with E-state index < -0.39 is 6.18 Å². The van der Waals surface area contributed by atoms with E-state index in [0.29, 0.717) is 7.18 Å². The van der Waals surface area contributed by atoms with Crippen molar-refractivity contribution >= 4 is 0 Å². The SMILES string of the molecule is CC.CC.CC(F)(F)F.CF. The summed E-state index contributed by atoms with van der Waals surface area (Å²) in [7, 11) is 0.500. The van der Waals surface area contributed by atoms with E-state index in [-0.39, 0.29) is 6.92 Å². The molecule has 0 saturated carbocycles. The molecule has 0 N–H and O–H groups in total. The standard InChI is InChI=1S/C2H3F3.2C2H6.CH3F/c1-2(3,4)5;3*1-2/h1H3;2*1-2H3;1H3. The van der Waals surface area contributed by atoms with Crippen molar-refractivity contribution in [1.29, 1.82) is 0 Å². The maximum Gasteiger partial charge on any atom is 0.386 e. The summed E-state index contributed by atoms with van der Waals surface area (Å²) in [5.41, 5.74) is 0. The van der Waals surface area contributed by atoms with Crippen LogP contribution in [0, 0.1) is 0 Å². The van der Waals surface area contributed by atoms with Crippen LogP contribution in [0.5, 0.6) is 0 Å². The fraction of sp³-hybridized carbons (Fsp3) is 1.00. The van der Waals surface area contributed by atoms with Gasteiger partial charge in [-0.25, -0.2) is 0 Å². The van der Waals surface area contributed by atoms with E-state index in [4.69, 9.17) is 0 Å². The quantitative estimate of drug-likeness (QED) is 0.487. The summed E-state index contributed by atoms with van der Waals surface area (Å²) in [6.07, 6.45) is -4.00. The topological polar surface area (TPSA) is 0 Å². The molecule has 4 heteroatoms. The Morgan fingerprint density at radius 2 is 0.727 bits per heavy atom. The van der Waals surface area contributed by atoms with Crippen LogP contribution < -0.4 is 0 Å². The van der Waals surface area contributed by atoms with Gasteiger partial charge in [0.05, 0.1) is 7.18 Å². The largest absolute Gasteiger partial charge is 0.386 e. The molecule has 0 aliphatic rings. The van der Waals surface area contributed by atoms with Crippen LogP contribution in [0.4, 0.5) is 17.6 Å². The van der Waals surface area contributed by atoms with E-state index in [0.717, 1.165) is 0 Å². The highest BCUT2D eigenvalue weighted by atomic mass is 19.4. The van der Waals surface area contributed by atoms with Crippen LogP contribution in [0.1, 0.15) is 34.6 Å². The highest BCUT2D eigenvalue weighted by Crippen LogP contribution is 2.10. The van der Waals surface area contributed by atoms with Gasteiger partial charge in [-0.05, 0) is 0 Å². The Morgan fingerprint density at radius 1 is 0.727 bits per heavy atom. The lowest BCUT2D eigenvalue weighted by molar-refractivity contribution is -0.110. The number of hydrogen-bond acceptors (Lipinski definition) is 0. The lowest BCUT2D eigenvalue weighted by atomic mass is 10.8. The minimum Gasteiger partial charge on any atom is -0.255 e. The van der Waals surface area contributed by atoms with Crippen molar-refractivity contribution in [1.82, 2.24) is 0 Å². The average molecular weight is 178 g/mol. The summed E-state index contributed by atoms with van der Waals surface area (Å²) < 4.78 is 40.6. The highest BCUT2D eigenvalue weighted by molar-refractivity contribution is 4.26. The molecule has 0 rings (SSSR count). The molecule has 0 atom stereocenters. The lowest BCUT2D eigenvalue weighted by Gasteiger charge is -1.88. The molecule has 0 aliphatic heterocycles. The summed E-state index contributed by atoms with van der Waals surface area (Å²) in [6.45, 7) is 8.19. The number of halogens is 4. The van der Waals surface area contributed by atoms with Gasteiger partial charge in [-0.15, -0.1) is 0 Å². The van der Waals surface area contributed by atoms with Gasteiger partial charge >= 0.3 is 6.18 Å². The highest BCUT2D eigenvalue weighted by Gasteiger charge is 2.15. The normalized spacial score (nSPS) is 7.09. The number of rotatable bonds is 0. The first kappa shape index (κ1) is 22.4. The van der Waals surface area contributed by atoms with Crippen molar-refractivity contribution in [3.8, 4) is 0 Å². The zero-order valence-electron chi connectivity index (χ0n) is 8.01. The number of alkyl halides is 4. The molecule has 0 amide bonds. The first-order chi connectivity index (χ1) is 5.00. The van der Waals surface area contributed by atoms with Crippen molar-refractivity contribution in [2.24, 2.45) is 0 Å². The van der Waals surface area contributed by atoms with Crippen molar-refractivity contribution in [3.05, 3.63) is 0 Å². The third kappa shape index (κ3) is 7390. The third-order valence-corrected chi connectivity index (χ3v) is 0. The predicted octanol–water partition coefficient (Wildman–Crippen LogP) is 4.21. The van der Waals surface area contributed by atoms with Crippen LogP contribution in [0.15, 0.2) is 0 Å². The van der Waals surface area contributed by atoms with Gasteiger partial charge in [0.2, 0.25) is 0 Å². The molecule has 0 saturated heterocycles. The van der Waals surface area contributed by atoms with Crippen molar-refractivity contribution < 1.29 is 17.6 Å².